The van der Waals surface area contributed by atoms with E-state index in [1.165, 1.54) is 4.90 Å². The molecule has 0 aromatic rings. The second-order valence-corrected chi connectivity index (χ2v) is 4.25. The first-order valence-corrected chi connectivity index (χ1v) is 5.42. The van der Waals surface area contributed by atoms with Gasteiger partial charge < -0.3 is 5.32 Å². The lowest BCUT2D eigenvalue weighted by Gasteiger charge is -2.25. The molecule has 2 unspecified atom stereocenters. The highest BCUT2D eigenvalue weighted by Gasteiger charge is 2.34. The van der Waals surface area contributed by atoms with Gasteiger partial charge in [0.2, 0.25) is 0 Å². The van der Waals surface area contributed by atoms with Crippen LogP contribution >= 0.6 is 0 Å². The predicted octanol–water partition coefficient (Wildman–Crippen LogP) is 2.01. The Hall–Kier alpha value is -0.290. The molecule has 0 aliphatic heterocycles. The largest absolute Gasteiger partial charge is 0.401 e. The topological polar surface area (TPSA) is 15.3 Å². The summed E-state index contributed by atoms with van der Waals surface area (Å²) in [7, 11) is 1.56. The van der Waals surface area contributed by atoms with E-state index >= 15 is 0 Å². The Kier molecular flexibility index (Phi) is 4.40. The van der Waals surface area contributed by atoms with Gasteiger partial charge in [0, 0.05) is 12.1 Å². The van der Waals surface area contributed by atoms with Crippen LogP contribution in [0, 0.1) is 0 Å². The fourth-order valence-corrected chi connectivity index (χ4v) is 2.24. The van der Waals surface area contributed by atoms with Crippen molar-refractivity contribution in [1.29, 1.82) is 0 Å². The van der Waals surface area contributed by atoms with Crippen molar-refractivity contribution in [3.8, 4) is 0 Å². The van der Waals surface area contributed by atoms with Crippen LogP contribution < -0.4 is 5.32 Å². The molecule has 2 nitrogen and oxygen atoms in total. The normalized spacial score (nSPS) is 27.6. The standard InChI is InChI=1S/C10H19F3N2/c1-3-14-8-4-5-9(6-8)15(2)7-10(11,12)13/h8-9,14H,3-7H2,1-2H3. The average molecular weight is 224 g/mol. The van der Waals surface area contributed by atoms with E-state index in [1.54, 1.807) is 7.05 Å². The molecule has 1 saturated carbocycles. The lowest BCUT2D eigenvalue weighted by atomic mass is 10.2. The van der Waals surface area contributed by atoms with Gasteiger partial charge in [0.15, 0.2) is 0 Å². The SMILES string of the molecule is CCNC1CCC(N(C)CC(F)(F)F)C1. The van der Waals surface area contributed by atoms with E-state index < -0.39 is 12.7 Å². The van der Waals surface area contributed by atoms with Gasteiger partial charge in [0.25, 0.3) is 0 Å². The van der Waals surface area contributed by atoms with Gasteiger partial charge in [-0.25, -0.2) is 0 Å². The lowest BCUT2D eigenvalue weighted by Crippen LogP contribution is -2.38. The minimum absolute atomic E-state index is 0.0793. The molecule has 0 amide bonds. The van der Waals surface area contributed by atoms with Crippen LogP contribution in [0.5, 0.6) is 0 Å². The van der Waals surface area contributed by atoms with Crippen LogP contribution in [0.2, 0.25) is 0 Å². The summed E-state index contributed by atoms with van der Waals surface area (Å²) in [4.78, 5) is 1.43. The molecule has 90 valence electrons. The smallest absolute Gasteiger partial charge is 0.314 e. The molecular weight excluding hydrogens is 205 g/mol. The van der Waals surface area contributed by atoms with Gasteiger partial charge in [0.05, 0.1) is 6.54 Å². The first-order chi connectivity index (χ1) is 6.92. The molecule has 0 spiro atoms. The van der Waals surface area contributed by atoms with E-state index in [0.717, 1.165) is 25.8 Å². The van der Waals surface area contributed by atoms with Crippen LogP contribution in [0.25, 0.3) is 0 Å². The quantitative estimate of drug-likeness (QED) is 0.786. The maximum Gasteiger partial charge on any atom is 0.401 e. The molecule has 0 heterocycles. The molecule has 1 fully saturated rings. The van der Waals surface area contributed by atoms with Crippen molar-refractivity contribution in [2.75, 3.05) is 20.1 Å². The first kappa shape index (κ1) is 12.8. The molecule has 1 N–H and O–H groups in total. The molecule has 1 aliphatic carbocycles. The summed E-state index contributed by atoms with van der Waals surface area (Å²) in [6, 6.07) is 0.478. The van der Waals surface area contributed by atoms with E-state index in [9.17, 15) is 13.2 Å². The maximum atomic E-state index is 12.1. The van der Waals surface area contributed by atoms with E-state index in [4.69, 9.17) is 0 Å². The third-order valence-corrected chi connectivity index (χ3v) is 2.95. The van der Waals surface area contributed by atoms with E-state index in [2.05, 4.69) is 5.32 Å². The first-order valence-electron chi connectivity index (χ1n) is 5.42. The maximum absolute atomic E-state index is 12.1. The number of nitrogens with one attached hydrogen (secondary N) is 1. The van der Waals surface area contributed by atoms with E-state index in [-0.39, 0.29) is 6.04 Å². The molecule has 0 saturated heterocycles. The van der Waals surface area contributed by atoms with Gasteiger partial charge >= 0.3 is 6.18 Å². The van der Waals surface area contributed by atoms with Gasteiger partial charge in [-0.1, -0.05) is 6.92 Å². The zero-order chi connectivity index (χ0) is 11.5. The number of nitrogens with zero attached hydrogens (tertiary/aromatic N) is 1. The summed E-state index contributed by atoms with van der Waals surface area (Å²) in [5.41, 5.74) is 0. The van der Waals surface area contributed by atoms with Crippen molar-refractivity contribution in [2.24, 2.45) is 0 Å². The Bertz CT molecular complexity index is 194. The minimum atomic E-state index is -4.08. The fourth-order valence-electron chi connectivity index (χ4n) is 2.24. The zero-order valence-corrected chi connectivity index (χ0v) is 9.27. The van der Waals surface area contributed by atoms with Crippen LogP contribution in [0.4, 0.5) is 13.2 Å². The van der Waals surface area contributed by atoms with Gasteiger partial charge in [-0.15, -0.1) is 0 Å². The third kappa shape index (κ3) is 4.38. The summed E-state index contributed by atoms with van der Waals surface area (Å²) in [5, 5.41) is 3.28. The van der Waals surface area contributed by atoms with Crippen molar-refractivity contribution < 1.29 is 13.2 Å². The van der Waals surface area contributed by atoms with Crippen LogP contribution in [-0.2, 0) is 0 Å². The van der Waals surface area contributed by atoms with Crippen LogP contribution in [0.3, 0.4) is 0 Å². The monoisotopic (exact) mass is 224 g/mol. The molecule has 0 radical (unpaired) electrons. The molecule has 1 rings (SSSR count). The Balaban J connectivity index is 2.33. The molecule has 15 heavy (non-hydrogen) atoms. The highest BCUT2D eigenvalue weighted by Crippen LogP contribution is 2.26. The van der Waals surface area contributed by atoms with Crippen molar-refractivity contribution in [3.63, 3.8) is 0 Å². The summed E-state index contributed by atoms with van der Waals surface area (Å²) in [6.45, 7) is 2.11. The van der Waals surface area contributed by atoms with Crippen LogP contribution in [-0.4, -0.2) is 43.3 Å². The molecule has 2 atom stereocenters. The Morgan fingerprint density at radius 2 is 2.00 bits per heavy atom. The third-order valence-electron chi connectivity index (χ3n) is 2.95. The number of alkyl halides is 3. The Morgan fingerprint density at radius 3 is 2.53 bits per heavy atom. The van der Waals surface area contributed by atoms with Crippen molar-refractivity contribution in [2.45, 2.75) is 44.4 Å². The van der Waals surface area contributed by atoms with E-state index in [0.29, 0.717) is 6.04 Å². The Labute approximate surface area is 88.8 Å². The van der Waals surface area contributed by atoms with Crippen LogP contribution in [0.15, 0.2) is 0 Å². The highest BCUT2D eigenvalue weighted by atomic mass is 19.4. The van der Waals surface area contributed by atoms with Crippen molar-refractivity contribution >= 4 is 0 Å². The minimum Gasteiger partial charge on any atom is -0.314 e. The zero-order valence-electron chi connectivity index (χ0n) is 9.27. The van der Waals surface area contributed by atoms with Gasteiger partial charge in [-0.2, -0.15) is 13.2 Å². The molecule has 0 bridgehead atoms. The second-order valence-electron chi connectivity index (χ2n) is 4.25. The lowest BCUT2D eigenvalue weighted by molar-refractivity contribution is -0.147. The summed E-state index contributed by atoms with van der Waals surface area (Å²) >= 11 is 0. The number of hydrogen-bond donors (Lipinski definition) is 1. The predicted molar refractivity (Wildman–Crippen MR) is 53.8 cm³/mol. The number of hydrogen-bond acceptors (Lipinski definition) is 2. The number of rotatable bonds is 4. The van der Waals surface area contributed by atoms with Gasteiger partial charge in [0.1, 0.15) is 0 Å². The summed E-state index contributed by atoms with van der Waals surface area (Å²) in [6.07, 6.45) is -1.39. The Morgan fingerprint density at radius 1 is 1.33 bits per heavy atom. The molecule has 0 aromatic heterocycles. The van der Waals surface area contributed by atoms with Crippen LogP contribution in [0.1, 0.15) is 26.2 Å². The van der Waals surface area contributed by atoms with E-state index in [1.807, 2.05) is 6.92 Å². The molecule has 5 heteroatoms. The molecule has 1 aliphatic rings. The summed E-state index contributed by atoms with van der Waals surface area (Å²) < 4.78 is 36.4. The second kappa shape index (κ2) is 5.16. The van der Waals surface area contributed by atoms with Gasteiger partial charge in [-0.3, -0.25) is 4.90 Å². The number of halogens is 3. The van der Waals surface area contributed by atoms with Gasteiger partial charge in [-0.05, 0) is 32.9 Å². The average Bonchev–Trinajstić information content (AvgIpc) is 2.50. The van der Waals surface area contributed by atoms with Crippen molar-refractivity contribution in [3.05, 3.63) is 0 Å². The fraction of sp³-hybridized carbons (Fsp3) is 1.00. The van der Waals surface area contributed by atoms with Crippen molar-refractivity contribution in [1.82, 2.24) is 10.2 Å². The molecule has 0 aromatic carbocycles. The molecular formula is C10H19F3N2. The highest BCUT2D eigenvalue weighted by molar-refractivity contribution is 4.86. The summed E-state index contributed by atoms with van der Waals surface area (Å²) in [5.74, 6) is 0.